The smallest absolute Gasteiger partial charge is 0.262 e. The fourth-order valence-electron chi connectivity index (χ4n) is 6.33. The number of amides is 1. The number of hydrogen-bond acceptors (Lipinski definition) is 5. The minimum absolute atomic E-state index is 0.00971. The zero-order valence-electron chi connectivity index (χ0n) is 20.4. The number of carbonyl (C=O) groups is 1. The lowest BCUT2D eigenvalue weighted by Gasteiger charge is -2.45. The van der Waals surface area contributed by atoms with Gasteiger partial charge < -0.3 is 10.5 Å². The second-order valence-electron chi connectivity index (χ2n) is 10.1. The van der Waals surface area contributed by atoms with Gasteiger partial charge in [-0.15, -0.1) is 5.92 Å². The highest BCUT2D eigenvalue weighted by molar-refractivity contribution is 6.08. The predicted molar refractivity (Wildman–Crippen MR) is 133 cm³/mol. The van der Waals surface area contributed by atoms with Crippen molar-refractivity contribution in [1.82, 2.24) is 9.88 Å². The molecule has 176 valence electrons. The van der Waals surface area contributed by atoms with Gasteiger partial charge >= 0.3 is 0 Å². The first-order valence-corrected chi connectivity index (χ1v) is 12.1. The molecule has 0 radical (unpaired) electrons. The normalized spacial score (nSPS) is 27.8. The van der Waals surface area contributed by atoms with E-state index in [4.69, 9.17) is 15.5 Å². The van der Waals surface area contributed by atoms with Crippen molar-refractivity contribution in [3.63, 3.8) is 0 Å². The molecular weight excluding hydrogens is 424 g/mol. The molecule has 1 atom stereocenters. The van der Waals surface area contributed by atoms with E-state index in [-0.39, 0.29) is 23.5 Å². The second kappa shape index (κ2) is 8.25. The molecule has 5 rings (SSSR count). The van der Waals surface area contributed by atoms with Crippen LogP contribution in [0.25, 0.3) is 11.1 Å². The van der Waals surface area contributed by atoms with Gasteiger partial charge in [-0.2, -0.15) is 0 Å². The fraction of sp³-hybridized carbons (Fsp3) is 0.464. The van der Waals surface area contributed by atoms with Crippen molar-refractivity contribution in [1.29, 1.82) is 0 Å². The third kappa shape index (κ3) is 3.18. The molecule has 2 aliphatic carbocycles. The molecule has 0 saturated heterocycles. The minimum atomic E-state index is -0.986. The highest BCUT2D eigenvalue weighted by atomic mass is 16.5. The lowest BCUT2D eigenvalue weighted by Crippen LogP contribution is -2.53. The molecular formula is C28H32N4O2. The van der Waals surface area contributed by atoms with E-state index < -0.39 is 5.54 Å². The van der Waals surface area contributed by atoms with Gasteiger partial charge in [0.05, 0.1) is 6.10 Å². The zero-order chi connectivity index (χ0) is 24.1. The van der Waals surface area contributed by atoms with Gasteiger partial charge in [0.1, 0.15) is 0 Å². The number of benzene rings is 1. The molecule has 1 aromatic heterocycles. The van der Waals surface area contributed by atoms with Crippen molar-refractivity contribution in [2.75, 3.05) is 7.11 Å². The Hall–Kier alpha value is -3.17. The van der Waals surface area contributed by atoms with Crippen LogP contribution in [0.15, 0.2) is 41.7 Å². The molecule has 1 saturated carbocycles. The van der Waals surface area contributed by atoms with Crippen molar-refractivity contribution in [3.05, 3.63) is 53.3 Å². The van der Waals surface area contributed by atoms with Crippen LogP contribution in [-0.2, 0) is 21.5 Å². The standard InChI is InChI=1S/C28H32N4O2/c1-5-6-19-13-22(17-30-16-19)20-7-8-21-15-27(11-9-23(34-4)10-12-27)28(24(21)14-20)25(33)32(18(2)3)26(29)31-28/h7-8,13-14,16-18,23H,9-12,15H2,1-4H3,(H2,29,31). The second-order valence-corrected chi connectivity index (χ2v) is 10.1. The number of methoxy groups -OCH3 is 1. The summed E-state index contributed by atoms with van der Waals surface area (Å²) in [5.41, 5.74) is 10.2. The largest absolute Gasteiger partial charge is 0.381 e. The van der Waals surface area contributed by atoms with Gasteiger partial charge in [0, 0.05) is 42.1 Å². The van der Waals surface area contributed by atoms with Crippen molar-refractivity contribution < 1.29 is 9.53 Å². The molecule has 2 heterocycles. The first-order valence-electron chi connectivity index (χ1n) is 12.1. The number of nitrogens with zero attached hydrogens (tertiary/aromatic N) is 3. The van der Waals surface area contributed by atoms with E-state index in [0.29, 0.717) is 5.96 Å². The number of aromatic nitrogens is 1. The lowest BCUT2D eigenvalue weighted by atomic mass is 9.61. The van der Waals surface area contributed by atoms with Crippen LogP contribution in [0.4, 0.5) is 0 Å². The molecule has 3 aliphatic rings. The SMILES string of the molecule is CC#Cc1cncc(-c2ccc3c(c2)C2(N=C(N)N(C(C)C)C2=O)C2(CCC(OC)CC2)C3)c1. The summed E-state index contributed by atoms with van der Waals surface area (Å²) < 4.78 is 5.66. The van der Waals surface area contributed by atoms with Crippen molar-refractivity contribution in [2.24, 2.45) is 16.1 Å². The Morgan fingerprint density at radius 3 is 2.59 bits per heavy atom. The Morgan fingerprint density at radius 2 is 1.94 bits per heavy atom. The van der Waals surface area contributed by atoms with Gasteiger partial charge in [0.15, 0.2) is 11.5 Å². The summed E-state index contributed by atoms with van der Waals surface area (Å²) in [5.74, 6) is 6.35. The third-order valence-corrected chi connectivity index (χ3v) is 7.93. The average molecular weight is 457 g/mol. The molecule has 1 fully saturated rings. The van der Waals surface area contributed by atoms with Crippen molar-refractivity contribution in [3.8, 4) is 23.0 Å². The molecule has 6 nitrogen and oxygen atoms in total. The van der Waals surface area contributed by atoms with Crippen LogP contribution in [0.5, 0.6) is 0 Å². The summed E-state index contributed by atoms with van der Waals surface area (Å²) in [5, 5.41) is 0. The summed E-state index contributed by atoms with van der Waals surface area (Å²) in [6, 6.07) is 8.42. The van der Waals surface area contributed by atoms with Crippen LogP contribution < -0.4 is 5.73 Å². The molecule has 1 aliphatic heterocycles. The maximum absolute atomic E-state index is 14.2. The lowest BCUT2D eigenvalue weighted by molar-refractivity contribution is -0.139. The average Bonchev–Trinajstić information content (AvgIpc) is 3.25. The molecule has 0 bridgehead atoms. The molecule has 6 heteroatoms. The first-order chi connectivity index (χ1) is 16.3. The van der Waals surface area contributed by atoms with Crippen LogP contribution in [0, 0.1) is 17.3 Å². The number of nitrogens with two attached hydrogens (primary N) is 1. The Bertz CT molecular complexity index is 1230. The number of pyridine rings is 1. The highest BCUT2D eigenvalue weighted by Gasteiger charge is 2.66. The van der Waals surface area contributed by atoms with Gasteiger partial charge in [-0.3, -0.25) is 14.7 Å². The van der Waals surface area contributed by atoms with E-state index in [1.165, 1.54) is 5.56 Å². The van der Waals surface area contributed by atoms with Crippen LogP contribution in [-0.4, -0.2) is 41.0 Å². The van der Waals surface area contributed by atoms with Gasteiger partial charge in [-0.25, -0.2) is 4.99 Å². The number of ether oxygens (including phenoxy) is 1. The minimum Gasteiger partial charge on any atom is -0.381 e. The van der Waals surface area contributed by atoms with E-state index >= 15 is 0 Å². The predicted octanol–water partition coefficient (Wildman–Crippen LogP) is 4.01. The van der Waals surface area contributed by atoms with E-state index in [2.05, 4.69) is 35.0 Å². The van der Waals surface area contributed by atoms with Gasteiger partial charge in [-0.05, 0) is 81.7 Å². The maximum atomic E-state index is 14.2. The van der Waals surface area contributed by atoms with Crippen LogP contribution >= 0.6 is 0 Å². The Kier molecular flexibility index (Phi) is 5.49. The molecule has 1 amide bonds. The molecule has 2 spiro atoms. The van der Waals surface area contributed by atoms with Gasteiger partial charge in [0.25, 0.3) is 5.91 Å². The summed E-state index contributed by atoms with van der Waals surface area (Å²) in [6.45, 7) is 5.80. The first kappa shape index (κ1) is 22.6. The van der Waals surface area contributed by atoms with E-state index in [0.717, 1.165) is 54.4 Å². The summed E-state index contributed by atoms with van der Waals surface area (Å²) in [6.07, 6.45) is 8.28. The van der Waals surface area contributed by atoms with Gasteiger partial charge in [-0.1, -0.05) is 18.1 Å². The summed E-state index contributed by atoms with van der Waals surface area (Å²) in [4.78, 5) is 25.3. The van der Waals surface area contributed by atoms with Crippen LogP contribution in [0.2, 0.25) is 0 Å². The highest BCUT2D eigenvalue weighted by Crippen LogP contribution is 2.62. The summed E-state index contributed by atoms with van der Waals surface area (Å²) in [7, 11) is 1.77. The summed E-state index contributed by atoms with van der Waals surface area (Å²) >= 11 is 0. The van der Waals surface area contributed by atoms with E-state index in [1.54, 1.807) is 18.2 Å². The van der Waals surface area contributed by atoms with Gasteiger partial charge in [0.2, 0.25) is 0 Å². The number of aliphatic imine (C=N–C) groups is 1. The molecule has 1 aromatic carbocycles. The molecule has 34 heavy (non-hydrogen) atoms. The third-order valence-electron chi connectivity index (χ3n) is 7.93. The number of fused-ring (bicyclic) bond motifs is 3. The van der Waals surface area contributed by atoms with Crippen molar-refractivity contribution >= 4 is 11.9 Å². The Labute approximate surface area is 201 Å². The van der Waals surface area contributed by atoms with Crippen molar-refractivity contribution in [2.45, 2.75) is 70.6 Å². The van der Waals surface area contributed by atoms with E-state index in [9.17, 15) is 4.79 Å². The quantitative estimate of drug-likeness (QED) is 0.708. The molecule has 2 N–H and O–H groups in total. The fourth-order valence-corrected chi connectivity index (χ4v) is 6.33. The van der Waals surface area contributed by atoms with Crippen LogP contribution in [0.3, 0.4) is 0 Å². The number of rotatable bonds is 3. The maximum Gasteiger partial charge on any atom is 0.262 e. The number of hydrogen-bond donors (Lipinski definition) is 1. The number of carbonyl (C=O) groups excluding carboxylic acids is 1. The monoisotopic (exact) mass is 456 g/mol. The Morgan fingerprint density at radius 1 is 1.18 bits per heavy atom. The molecule has 2 aromatic rings. The Balaban J connectivity index is 1.67. The molecule has 1 unspecified atom stereocenters. The topological polar surface area (TPSA) is 80.8 Å². The zero-order valence-corrected chi connectivity index (χ0v) is 20.4. The van der Waals surface area contributed by atoms with Crippen LogP contribution in [0.1, 0.15) is 63.1 Å². The van der Waals surface area contributed by atoms with E-state index in [1.807, 2.05) is 33.0 Å². The number of guanidine groups is 1.